The van der Waals surface area contributed by atoms with E-state index in [1.165, 1.54) is 24.2 Å². The van der Waals surface area contributed by atoms with Gasteiger partial charge in [-0.1, -0.05) is 15.9 Å². The van der Waals surface area contributed by atoms with E-state index in [1.807, 2.05) is 24.5 Å². The third-order valence-corrected chi connectivity index (χ3v) is 4.22. The van der Waals surface area contributed by atoms with E-state index < -0.39 is 6.10 Å². The molecule has 1 unspecified atom stereocenters. The molecule has 4 heteroatoms. The molecule has 100 valence electrons. The molecular weight excluding hydrogens is 304 g/mol. The fraction of sp³-hybridized carbons (Fsp3) is 0.400. The molecule has 1 N–H and O–H groups in total. The van der Waals surface area contributed by atoms with Gasteiger partial charge in [0.05, 0.1) is 23.8 Å². The number of aliphatic hydroxyl groups is 1. The molecule has 0 saturated carbocycles. The van der Waals surface area contributed by atoms with Crippen LogP contribution in [0.25, 0.3) is 5.69 Å². The second-order valence-electron chi connectivity index (χ2n) is 5.09. The van der Waals surface area contributed by atoms with Crippen molar-refractivity contribution in [1.82, 2.24) is 9.55 Å². The summed E-state index contributed by atoms with van der Waals surface area (Å²) in [6.45, 7) is 1.80. The van der Waals surface area contributed by atoms with Crippen molar-refractivity contribution in [2.75, 3.05) is 0 Å². The summed E-state index contributed by atoms with van der Waals surface area (Å²) in [7, 11) is 0. The first-order valence-electron chi connectivity index (χ1n) is 6.70. The average molecular weight is 321 g/mol. The number of hydrogen-bond acceptors (Lipinski definition) is 2. The normalized spacial score (nSPS) is 16.2. The zero-order chi connectivity index (χ0) is 13.4. The Balaban J connectivity index is 2.14. The second kappa shape index (κ2) is 5.10. The first-order chi connectivity index (χ1) is 9.16. The van der Waals surface area contributed by atoms with Gasteiger partial charge < -0.3 is 9.67 Å². The molecule has 0 radical (unpaired) electrons. The Hall–Kier alpha value is -1.13. The number of nitrogens with zero attached hydrogens (tertiary/aromatic N) is 2. The molecule has 0 saturated heterocycles. The molecule has 1 atom stereocenters. The van der Waals surface area contributed by atoms with Gasteiger partial charge in [0.2, 0.25) is 0 Å². The first-order valence-corrected chi connectivity index (χ1v) is 7.49. The summed E-state index contributed by atoms with van der Waals surface area (Å²) in [6.07, 6.45) is 6.00. The van der Waals surface area contributed by atoms with E-state index in [2.05, 4.69) is 25.5 Å². The van der Waals surface area contributed by atoms with Crippen molar-refractivity contribution in [2.24, 2.45) is 0 Å². The predicted octanol–water partition coefficient (Wildman–Crippen LogP) is 3.57. The molecule has 3 rings (SSSR count). The smallest absolute Gasteiger partial charge is 0.0997 e. The van der Waals surface area contributed by atoms with Gasteiger partial charge >= 0.3 is 0 Å². The van der Waals surface area contributed by atoms with Gasteiger partial charge in [-0.15, -0.1) is 0 Å². The lowest BCUT2D eigenvalue weighted by Gasteiger charge is -2.18. The topological polar surface area (TPSA) is 38.0 Å². The van der Waals surface area contributed by atoms with Crippen LogP contribution in [0, 0.1) is 0 Å². The van der Waals surface area contributed by atoms with Crippen molar-refractivity contribution in [1.29, 1.82) is 0 Å². The number of fused-ring (bicyclic) bond motifs is 1. The standard InChI is InChI=1S/C15H17BrN2O/c1-10(19)12-8-11(16)6-7-14(12)18-9-17-13-4-2-3-5-15(13)18/h6-10,19H,2-5H2,1H3. The first kappa shape index (κ1) is 12.9. The molecule has 19 heavy (non-hydrogen) atoms. The maximum absolute atomic E-state index is 9.98. The molecule has 1 aromatic carbocycles. The predicted molar refractivity (Wildman–Crippen MR) is 78.5 cm³/mol. The van der Waals surface area contributed by atoms with Gasteiger partial charge in [0.25, 0.3) is 0 Å². The Morgan fingerprint density at radius 2 is 2.11 bits per heavy atom. The largest absolute Gasteiger partial charge is 0.389 e. The SMILES string of the molecule is CC(O)c1cc(Br)ccc1-n1cnc2c1CCCC2. The minimum Gasteiger partial charge on any atom is -0.389 e. The number of aryl methyl sites for hydroxylation is 1. The molecule has 0 spiro atoms. The fourth-order valence-electron chi connectivity index (χ4n) is 2.76. The summed E-state index contributed by atoms with van der Waals surface area (Å²) in [5, 5.41) is 9.98. The van der Waals surface area contributed by atoms with Gasteiger partial charge in [-0.25, -0.2) is 4.98 Å². The zero-order valence-corrected chi connectivity index (χ0v) is 12.5. The third-order valence-electron chi connectivity index (χ3n) is 3.73. The minimum atomic E-state index is -0.492. The molecule has 0 amide bonds. The summed E-state index contributed by atoms with van der Waals surface area (Å²) in [6, 6.07) is 6.04. The third kappa shape index (κ3) is 2.35. The Labute approximate surface area is 121 Å². The van der Waals surface area contributed by atoms with Crippen molar-refractivity contribution >= 4 is 15.9 Å². The summed E-state index contributed by atoms with van der Waals surface area (Å²) < 4.78 is 3.13. The number of rotatable bonds is 2. The van der Waals surface area contributed by atoms with E-state index in [-0.39, 0.29) is 0 Å². The van der Waals surface area contributed by atoms with Gasteiger partial charge in [-0.05, 0) is 50.8 Å². The number of aromatic nitrogens is 2. The van der Waals surface area contributed by atoms with Crippen LogP contribution in [0.4, 0.5) is 0 Å². The van der Waals surface area contributed by atoms with Gasteiger partial charge in [-0.3, -0.25) is 0 Å². The van der Waals surface area contributed by atoms with Crippen LogP contribution < -0.4 is 0 Å². The number of aliphatic hydroxyl groups excluding tert-OH is 1. The molecule has 3 nitrogen and oxygen atoms in total. The highest BCUT2D eigenvalue weighted by molar-refractivity contribution is 9.10. The highest BCUT2D eigenvalue weighted by Crippen LogP contribution is 2.29. The Morgan fingerprint density at radius 1 is 1.32 bits per heavy atom. The Morgan fingerprint density at radius 3 is 2.89 bits per heavy atom. The Kier molecular flexibility index (Phi) is 3.46. The average Bonchev–Trinajstić information content (AvgIpc) is 2.82. The van der Waals surface area contributed by atoms with Crippen LogP contribution in [0.2, 0.25) is 0 Å². The zero-order valence-electron chi connectivity index (χ0n) is 10.9. The lowest BCUT2D eigenvalue weighted by atomic mass is 10.0. The highest BCUT2D eigenvalue weighted by Gasteiger charge is 2.18. The van der Waals surface area contributed by atoms with Crippen LogP contribution in [0.1, 0.15) is 42.8 Å². The van der Waals surface area contributed by atoms with Gasteiger partial charge in [0.15, 0.2) is 0 Å². The monoisotopic (exact) mass is 320 g/mol. The van der Waals surface area contributed by atoms with Crippen molar-refractivity contribution < 1.29 is 5.11 Å². The van der Waals surface area contributed by atoms with Crippen LogP contribution in [0.15, 0.2) is 29.0 Å². The maximum atomic E-state index is 9.98. The quantitative estimate of drug-likeness (QED) is 0.918. The number of benzene rings is 1. The molecule has 0 bridgehead atoms. The second-order valence-corrected chi connectivity index (χ2v) is 6.01. The lowest BCUT2D eigenvalue weighted by Crippen LogP contribution is -2.09. The molecular formula is C15H17BrN2O. The van der Waals surface area contributed by atoms with Crippen molar-refractivity contribution in [2.45, 2.75) is 38.7 Å². The van der Waals surface area contributed by atoms with E-state index >= 15 is 0 Å². The Bertz CT molecular complexity index is 604. The van der Waals surface area contributed by atoms with Crippen LogP contribution in [-0.4, -0.2) is 14.7 Å². The van der Waals surface area contributed by atoms with Crippen LogP contribution in [0.5, 0.6) is 0 Å². The molecule has 1 aromatic heterocycles. The van der Waals surface area contributed by atoms with Gasteiger partial charge in [0.1, 0.15) is 0 Å². The molecule has 0 fully saturated rings. The van der Waals surface area contributed by atoms with Crippen molar-refractivity contribution in [3.63, 3.8) is 0 Å². The van der Waals surface area contributed by atoms with Crippen molar-refractivity contribution in [3.8, 4) is 5.69 Å². The molecule has 1 heterocycles. The number of imidazole rings is 1. The summed E-state index contributed by atoms with van der Waals surface area (Å²) in [5.41, 5.74) is 4.48. The van der Waals surface area contributed by atoms with Gasteiger partial charge in [-0.2, -0.15) is 0 Å². The molecule has 0 aliphatic heterocycles. The highest BCUT2D eigenvalue weighted by atomic mass is 79.9. The minimum absolute atomic E-state index is 0.492. The molecule has 1 aliphatic rings. The summed E-state index contributed by atoms with van der Waals surface area (Å²) in [4.78, 5) is 4.53. The van der Waals surface area contributed by atoms with Crippen LogP contribution in [-0.2, 0) is 12.8 Å². The summed E-state index contributed by atoms with van der Waals surface area (Å²) in [5.74, 6) is 0. The summed E-state index contributed by atoms with van der Waals surface area (Å²) >= 11 is 3.47. The van der Waals surface area contributed by atoms with E-state index in [0.29, 0.717) is 0 Å². The van der Waals surface area contributed by atoms with Gasteiger partial charge in [0, 0.05) is 15.7 Å². The molecule has 1 aliphatic carbocycles. The van der Waals surface area contributed by atoms with Crippen LogP contribution >= 0.6 is 15.9 Å². The fourth-order valence-corrected chi connectivity index (χ4v) is 3.13. The van der Waals surface area contributed by atoms with Crippen LogP contribution in [0.3, 0.4) is 0 Å². The maximum Gasteiger partial charge on any atom is 0.0997 e. The lowest BCUT2D eigenvalue weighted by molar-refractivity contribution is 0.199. The van der Waals surface area contributed by atoms with E-state index in [4.69, 9.17) is 0 Å². The number of hydrogen-bond donors (Lipinski definition) is 1. The van der Waals surface area contributed by atoms with Crippen molar-refractivity contribution in [3.05, 3.63) is 46.0 Å². The molecule has 2 aromatic rings. The number of halogens is 1. The van der Waals surface area contributed by atoms with E-state index in [0.717, 1.165) is 28.6 Å². The van der Waals surface area contributed by atoms with E-state index in [1.54, 1.807) is 6.92 Å². The van der Waals surface area contributed by atoms with E-state index in [9.17, 15) is 5.11 Å².